The van der Waals surface area contributed by atoms with Gasteiger partial charge < -0.3 is 5.32 Å². The van der Waals surface area contributed by atoms with Crippen molar-refractivity contribution in [3.63, 3.8) is 0 Å². The van der Waals surface area contributed by atoms with Crippen LogP contribution < -0.4 is 5.32 Å². The topological polar surface area (TPSA) is 29.9 Å². The summed E-state index contributed by atoms with van der Waals surface area (Å²) in [5.74, 6) is 3.55. The van der Waals surface area contributed by atoms with Crippen LogP contribution in [-0.2, 0) is 13.5 Å². The lowest BCUT2D eigenvalue weighted by Gasteiger charge is -2.23. The Bertz CT molecular complexity index is 331. The monoisotopic (exact) mass is 253 g/mol. The molecule has 4 heteroatoms. The summed E-state index contributed by atoms with van der Waals surface area (Å²) >= 11 is 2.11. The van der Waals surface area contributed by atoms with Gasteiger partial charge in [-0.05, 0) is 49.3 Å². The summed E-state index contributed by atoms with van der Waals surface area (Å²) in [5, 5.41) is 7.89. The summed E-state index contributed by atoms with van der Waals surface area (Å²) in [5.41, 5.74) is 1.35. The van der Waals surface area contributed by atoms with Gasteiger partial charge in [-0.2, -0.15) is 16.9 Å². The molecule has 2 unspecified atom stereocenters. The molecular formula is C13H23N3S. The van der Waals surface area contributed by atoms with Crippen molar-refractivity contribution in [3.8, 4) is 0 Å². The first-order chi connectivity index (χ1) is 8.31. The van der Waals surface area contributed by atoms with Gasteiger partial charge in [0.25, 0.3) is 0 Å². The van der Waals surface area contributed by atoms with Crippen LogP contribution >= 0.6 is 11.8 Å². The van der Waals surface area contributed by atoms with E-state index >= 15 is 0 Å². The number of hydrogen-bond acceptors (Lipinski definition) is 3. The fraction of sp³-hybridized carbons (Fsp3) is 0.769. The summed E-state index contributed by atoms with van der Waals surface area (Å²) in [4.78, 5) is 0. The maximum atomic E-state index is 4.23. The van der Waals surface area contributed by atoms with Crippen molar-refractivity contribution in [1.29, 1.82) is 0 Å². The minimum Gasteiger partial charge on any atom is -0.314 e. The molecule has 0 spiro atoms. The molecule has 96 valence electrons. The van der Waals surface area contributed by atoms with E-state index in [9.17, 15) is 0 Å². The number of nitrogens with one attached hydrogen (secondary N) is 1. The van der Waals surface area contributed by atoms with Crippen molar-refractivity contribution in [2.75, 3.05) is 18.1 Å². The number of nitrogens with zero attached hydrogens (tertiary/aromatic N) is 2. The highest BCUT2D eigenvalue weighted by Gasteiger charge is 2.24. The Morgan fingerprint density at radius 2 is 2.53 bits per heavy atom. The van der Waals surface area contributed by atoms with E-state index in [1.807, 2.05) is 17.9 Å². The Labute approximate surface area is 108 Å². The summed E-state index contributed by atoms with van der Waals surface area (Å²) < 4.78 is 1.99. The Kier molecular flexibility index (Phi) is 4.92. The molecule has 2 rings (SSSR count). The van der Waals surface area contributed by atoms with Gasteiger partial charge in [-0.3, -0.25) is 4.68 Å². The third-order valence-corrected chi connectivity index (χ3v) is 4.82. The highest BCUT2D eigenvalue weighted by atomic mass is 32.2. The van der Waals surface area contributed by atoms with Crippen LogP contribution in [0.3, 0.4) is 0 Å². The second kappa shape index (κ2) is 6.45. The van der Waals surface area contributed by atoms with Crippen LogP contribution in [0.4, 0.5) is 0 Å². The number of thioether (sulfide) groups is 1. The lowest BCUT2D eigenvalue weighted by molar-refractivity contribution is 0.366. The summed E-state index contributed by atoms with van der Waals surface area (Å²) in [6, 6.07) is 2.82. The molecule has 1 fully saturated rings. The van der Waals surface area contributed by atoms with Crippen molar-refractivity contribution in [3.05, 3.63) is 18.0 Å². The van der Waals surface area contributed by atoms with E-state index in [2.05, 4.69) is 35.2 Å². The molecule has 0 bridgehead atoms. The van der Waals surface area contributed by atoms with Gasteiger partial charge >= 0.3 is 0 Å². The quantitative estimate of drug-likeness (QED) is 0.842. The number of hydrogen-bond donors (Lipinski definition) is 1. The predicted octanol–water partition coefficient (Wildman–Crippen LogP) is 2.08. The van der Waals surface area contributed by atoms with Gasteiger partial charge in [0, 0.05) is 25.0 Å². The van der Waals surface area contributed by atoms with Crippen molar-refractivity contribution in [1.82, 2.24) is 15.1 Å². The molecule has 2 atom stereocenters. The van der Waals surface area contributed by atoms with E-state index in [0.29, 0.717) is 6.04 Å². The number of aromatic nitrogens is 2. The van der Waals surface area contributed by atoms with Gasteiger partial charge in [0.2, 0.25) is 0 Å². The molecule has 2 heterocycles. The van der Waals surface area contributed by atoms with E-state index in [1.165, 1.54) is 30.0 Å². The molecule has 0 aromatic carbocycles. The lowest BCUT2D eigenvalue weighted by Crippen LogP contribution is -2.36. The summed E-state index contributed by atoms with van der Waals surface area (Å²) in [6.45, 7) is 3.29. The first-order valence-corrected chi connectivity index (χ1v) is 7.74. The van der Waals surface area contributed by atoms with E-state index < -0.39 is 0 Å². The molecule has 17 heavy (non-hydrogen) atoms. The first-order valence-electron chi connectivity index (χ1n) is 6.59. The van der Waals surface area contributed by atoms with Crippen molar-refractivity contribution < 1.29 is 0 Å². The van der Waals surface area contributed by atoms with Gasteiger partial charge in [0.15, 0.2) is 0 Å². The minimum atomic E-state index is 0.685. The normalized spacial score (nSPS) is 21.9. The van der Waals surface area contributed by atoms with E-state index in [4.69, 9.17) is 0 Å². The van der Waals surface area contributed by atoms with E-state index in [1.54, 1.807) is 0 Å². The van der Waals surface area contributed by atoms with Crippen LogP contribution in [-0.4, -0.2) is 33.9 Å². The standard InChI is InChI=1S/C13H23N3S/c1-3-14-13(11-7-9-17-10-11)5-4-12-6-8-15-16(12)2/h6,8,11,13-14H,3-5,7,9-10H2,1-2H3. The average Bonchev–Trinajstić information content (AvgIpc) is 2.96. The first kappa shape index (κ1) is 13.0. The molecule has 1 N–H and O–H groups in total. The van der Waals surface area contributed by atoms with Crippen LogP contribution in [0.1, 0.15) is 25.5 Å². The van der Waals surface area contributed by atoms with Crippen LogP contribution in [0.25, 0.3) is 0 Å². The molecule has 1 saturated heterocycles. The van der Waals surface area contributed by atoms with Gasteiger partial charge in [-0.25, -0.2) is 0 Å². The average molecular weight is 253 g/mol. The molecule has 3 nitrogen and oxygen atoms in total. The zero-order chi connectivity index (χ0) is 12.1. The van der Waals surface area contributed by atoms with Crippen LogP contribution in [0, 0.1) is 5.92 Å². The third-order valence-electron chi connectivity index (χ3n) is 3.63. The van der Waals surface area contributed by atoms with Crippen molar-refractivity contribution >= 4 is 11.8 Å². The highest BCUT2D eigenvalue weighted by molar-refractivity contribution is 7.99. The second-order valence-corrected chi connectivity index (χ2v) is 5.92. The molecule has 1 aromatic heterocycles. The fourth-order valence-corrected chi connectivity index (χ4v) is 3.92. The maximum Gasteiger partial charge on any atom is 0.0492 e. The number of aryl methyl sites for hydroxylation is 2. The van der Waals surface area contributed by atoms with Crippen molar-refractivity contribution in [2.45, 2.75) is 32.2 Å². The Hall–Kier alpha value is -0.480. The summed E-state index contributed by atoms with van der Waals surface area (Å²) in [6.07, 6.45) is 5.64. The van der Waals surface area contributed by atoms with Gasteiger partial charge in [-0.15, -0.1) is 0 Å². The number of rotatable bonds is 6. The fourth-order valence-electron chi connectivity index (χ4n) is 2.59. The lowest BCUT2D eigenvalue weighted by atomic mass is 9.94. The van der Waals surface area contributed by atoms with Gasteiger partial charge in [-0.1, -0.05) is 6.92 Å². The maximum absolute atomic E-state index is 4.23. The molecule has 1 aliphatic rings. The van der Waals surface area contributed by atoms with Crippen LogP contribution in [0.2, 0.25) is 0 Å². The van der Waals surface area contributed by atoms with Crippen LogP contribution in [0.5, 0.6) is 0 Å². The van der Waals surface area contributed by atoms with Gasteiger partial charge in [0.1, 0.15) is 0 Å². The largest absolute Gasteiger partial charge is 0.314 e. The smallest absolute Gasteiger partial charge is 0.0492 e. The van der Waals surface area contributed by atoms with Crippen molar-refractivity contribution in [2.24, 2.45) is 13.0 Å². The predicted molar refractivity (Wildman–Crippen MR) is 74.4 cm³/mol. The molecule has 0 saturated carbocycles. The SMILES string of the molecule is CCNC(CCc1ccnn1C)C1CCSC1. The second-order valence-electron chi connectivity index (χ2n) is 4.77. The molecular weight excluding hydrogens is 230 g/mol. The Morgan fingerprint density at radius 1 is 1.65 bits per heavy atom. The van der Waals surface area contributed by atoms with Crippen LogP contribution in [0.15, 0.2) is 12.3 Å². The Balaban J connectivity index is 1.86. The molecule has 0 amide bonds. The highest BCUT2D eigenvalue weighted by Crippen LogP contribution is 2.28. The Morgan fingerprint density at radius 3 is 3.12 bits per heavy atom. The third kappa shape index (κ3) is 3.49. The summed E-state index contributed by atoms with van der Waals surface area (Å²) in [7, 11) is 2.03. The zero-order valence-corrected chi connectivity index (χ0v) is 11.7. The molecule has 1 aromatic rings. The molecule has 1 aliphatic heterocycles. The van der Waals surface area contributed by atoms with Gasteiger partial charge in [0.05, 0.1) is 0 Å². The molecule has 0 aliphatic carbocycles. The zero-order valence-electron chi connectivity index (χ0n) is 10.9. The minimum absolute atomic E-state index is 0.685. The van der Waals surface area contributed by atoms with E-state index in [0.717, 1.165) is 18.9 Å². The molecule has 0 radical (unpaired) electrons. The van der Waals surface area contributed by atoms with E-state index in [-0.39, 0.29) is 0 Å².